The van der Waals surface area contributed by atoms with Crippen LogP contribution in [0.5, 0.6) is 0 Å². The highest BCUT2D eigenvalue weighted by molar-refractivity contribution is 7.15. The average molecular weight is 279 g/mol. The predicted molar refractivity (Wildman–Crippen MR) is 73.2 cm³/mol. The van der Waals surface area contributed by atoms with Crippen LogP contribution in [0.1, 0.15) is 29.4 Å². The summed E-state index contributed by atoms with van der Waals surface area (Å²) in [7, 11) is 3.17. The number of nitrogens with zero attached hydrogens (tertiary/aromatic N) is 3. The molecule has 0 radical (unpaired) electrons. The zero-order valence-electron chi connectivity index (χ0n) is 11.5. The molecule has 0 N–H and O–H groups in total. The smallest absolute Gasteiger partial charge is 0.249 e. The lowest BCUT2D eigenvalue weighted by Gasteiger charge is -2.13. The van der Waals surface area contributed by atoms with E-state index in [1.54, 1.807) is 18.4 Å². The highest BCUT2D eigenvalue weighted by Crippen LogP contribution is 2.50. The molecule has 6 heteroatoms. The van der Waals surface area contributed by atoms with Crippen LogP contribution in [-0.2, 0) is 9.63 Å². The molecule has 1 amide bonds. The minimum atomic E-state index is 0.0304. The molecule has 2 heterocycles. The summed E-state index contributed by atoms with van der Waals surface area (Å²) in [5.41, 5.74) is 3.42. The molecule has 0 spiro atoms. The number of aryl methyl sites for hydroxylation is 2. The fraction of sp³-hybridized carbons (Fsp3) is 0.538. The fourth-order valence-corrected chi connectivity index (χ4v) is 3.57. The molecule has 2 aromatic rings. The van der Waals surface area contributed by atoms with Crippen LogP contribution in [0.2, 0.25) is 0 Å². The van der Waals surface area contributed by atoms with Gasteiger partial charge in [0.15, 0.2) is 4.96 Å². The Bertz CT molecular complexity index is 646. The monoisotopic (exact) mass is 279 g/mol. The molecule has 1 fully saturated rings. The number of carbonyl (C=O) groups excluding carboxylic acids is 1. The van der Waals surface area contributed by atoms with Crippen molar-refractivity contribution in [2.45, 2.75) is 26.2 Å². The van der Waals surface area contributed by atoms with Gasteiger partial charge in [-0.05, 0) is 20.3 Å². The second kappa shape index (κ2) is 4.31. The lowest BCUT2D eigenvalue weighted by Crippen LogP contribution is -2.27. The van der Waals surface area contributed by atoms with Crippen molar-refractivity contribution in [3.8, 4) is 0 Å². The predicted octanol–water partition coefficient (Wildman–Crippen LogP) is 2.14. The first-order chi connectivity index (χ1) is 9.04. The van der Waals surface area contributed by atoms with Crippen molar-refractivity contribution in [3.05, 3.63) is 22.5 Å². The van der Waals surface area contributed by atoms with Gasteiger partial charge in [-0.15, -0.1) is 11.3 Å². The van der Waals surface area contributed by atoms with Crippen molar-refractivity contribution < 1.29 is 9.63 Å². The van der Waals surface area contributed by atoms with Crippen molar-refractivity contribution in [1.29, 1.82) is 0 Å². The summed E-state index contributed by atoms with van der Waals surface area (Å²) in [6.07, 6.45) is 0.885. The number of thiazole rings is 1. The molecule has 2 unspecified atom stereocenters. The Labute approximate surface area is 115 Å². The molecule has 1 aliphatic rings. The van der Waals surface area contributed by atoms with Gasteiger partial charge < -0.3 is 0 Å². The van der Waals surface area contributed by atoms with E-state index in [-0.39, 0.29) is 17.7 Å². The molecule has 0 bridgehead atoms. The van der Waals surface area contributed by atoms with Gasteiger partial charge in [0.25, 0.3) is 0 Å². The number of aromatic nitrogens is 2. The van der Waals surface area contributed by atoms with E-state index >= 15 is 0 Å². The van der Waals surface area contributed by atoms with E-state index in [1.807, 2.05) is 6.92 Å². The molecule has 1 aliphatic carbocycles. The van der Waals surface area contributed by atoms with Crippen molar-refractivity contribution >= 4 is 22.2 Å². The third-order valence-electron chi connectivity index (χ3n) is 3.80. The number of imidazole rings is 1. The number of rotatable bonds is 3. The first-order valence-corrected chi connectivity index (χ1v) is 7.17. The molecular formula is C13H17N3O2S. The Hall–Kier alpha value is -1.40. The lowest BCUT2D eigenvalue weighted by atomic mass is 10.2. The minimum Gasteiger partial charge on any atom is -0.291 e. The van der Waals surface area contributed by atoms with E-state index in [0.29, 0.717) is 0 Å². The third kappa shape index (κ3) is 1.86. The van der Waals surface area contributed by atoms with Crippen LogP contribution in [0.4, 0.5) is 0 Å². The largest absolute Gasteiger partial charge is 0.291 e. The van der Waals surface area contributed by atoms with Crippen molar-refractivity contribution in [2.24, 2.45) is 5.92 Å². The normalized spacial score (nSPS) is 21.9. The summed E-state index contributed by atoms with van der Waals surface area (Å²) in [6.45, 7) is 4.10. The Morgan fingerprint density at radius 2 is 2.32 bits per heavy atom. The molecule has 19 heavy (non-hydrogen) atoms. The Morgan fingerprint density at radius 1 is 1.58 bits per heavy atom. The first-order valence-electron chi connectivity index (χ1n) is 6.29. The zero-order valence-corrected chi connectivity index (χ0v) is 12.3. The number of amides is 1. The van der Waals surface area contributed by atoms with Crippen LogP contribution in [0.25, 0.3) is 4.96 Å². The number of hydroxylamine groups is 2. The number of hydrogen-bond donors (Lipinski definition) is 0. The van der Waals surface area contributed by atoms with Crippen LogP contribution in [0.15, 0.2) is 5.38 Å². The summed E-state index contributed by atoms with van der Waals surface area (Å²) in [6, 6.07) is 0. The van der Waals surface area contributed by atoms with Gasteiger partial charge in [0.1, 0.15) is 0 Å². The maximum absolute atomic E-state index is 12.1. The maximum Gasteiger partial charge on any atom is 0.249 e. The van der Waals surface area contributed by atoms with Gasteiger partial charge in [-0.25, -0.2) is 10.0 Å². The van der Waals surface area contributed by atoms with Gasteiger partial charge in [-0.3, -0.25) is 14.0 Å². The fourth-order valence-electron chi connectivity index (χ4n) is 2.65. The van der Waals surface area contributed by atoms with E-state index < -0.39 is 0 Å². The minimum absolute atomic E-state index is 0.0304. The Morgan fingerprint density at radius 3 is 3.00 bits per heavy atom. The Balaban J connectivity index is 1.93. The molecule has 0 aromatic carbocycles. The number of fused-ring (bicyclic) bond motifs is 1. The second-order valence-electron chi connectivity index (χ2n) is 5.04. The molecule has 102 valence electrons. The van der Waals surface area contributed by atoms with Gasteiger partial charge >= 0.3 is 0 Å². The average Bonchev–Trinajstić information content (AvgIpc) is 3.00. The lowest BCUT2D eigenvalue weighted by molar-refractivity contribution is -0.170. The first kappa shape index (κ1) is 12.6. The van der Waals surface area contributed by atoms with Gasteiger partial charge in [-0.2, -0.15) is 0 Å². The number of hydrogen-bond acceptors (Lipinski definition) is 4. The molecule has 2 atom stereocenters. The SMILES string of the molecule is CON(C)C(=O)C1CC1c1c(C)nc2scc(C)n12. The van der Waals surface area contributed by atoms with E-state index in [4.69, 9.17) is 4.84 Å². The van der Waals surface area contributed by atoms with Crippen LogP contribution in [-0.4, -0.2) is 34.5 Å². The van der Waals surface area contributed by atoms with Crippen LogP contribution in [0, 0.1) is 19.8 Å². The summed E-state index contributed by atoms with van der Waals surface area (Å²) in [5, 5.41) is 3.42. The van der Waals surface area contributed by atoms with Gasteiger partial charge in [-0.1, -0.05) is 0 Å². The maximum atomic E-state index is 12.1. The standard InChI is InChI=1S/C13H17N3O2S/c1-7-6-19-13-14-8(2)11(16(7)13)9-5-10(9)12(17)15(3)18-4/h6,9-10H,5H2,1-4H3. The number of carbonyl (C=O) groups is 1. The van der Waals surface area contributed by atoms with Crippen molar-refractivity contribution in [2.75, 3.05) is 14.2 Å². The van der Waals surface area contributed by atoms with Crippen LogP contribution in [0.3, 0.4) is 0 Å². The molecule has 0 aliphatic heterocycles. The summed E-state index contributed by atoms with van der Waals surface area (Å²) >= 11 is 1.65. The van der Waals surface area contributed by atoms with E-state index in [1.165, 1.54) is 23.6 Å². The third-order valence-corrected chi connectivity index (χ3v) is 4.74. The summed E-state index contributed by atoms with van der Waals surface area (Å²) in [5.74, 6) is 0.353. The van der Waals surface area contributed by atoms with Gasteiger partial charge in [0, 0.05) is 30.0 Å². The van der Waals surface area contributed by atoms with Crippen LogP contribution >= 0.6 is 11.3 Å². The van der Waals surface area contributed by atoms with E-state index in [2.05, 4.69) is 21.7 Å². The molecule has 0 saturated heterocycles. The van der Waals surface area contributed by atoms with Gasteiger partial charge in [0.2, 0.25) is 5.91 Å². The second-order valence-corrected chi connectivity index (χ2v) is 5.88. The van der Waals surface area contributed by atoms with Crippen molar-refractivity contribution in [3.63, 3.8) is 0 Å². The van der Waals surface area contributed by atoms with Crippen molar-refractivity contribution in [1.82, 2.24) is 14.4 Å². The molecular weight excluding hydrogens is 262 g/mol. The summed E-state index contributed by atoms with van der Waals surface area (Å²) < 4.78 is 2.19. The zero-order chi connectivity index (χ0) is 13.7. The molecule has 5 nitrogen and oxygen atoms in total. The Kier molecular flexibility index (Phi) is 2.87. The highest BCUT2D eigenvalue weighted by Gasteiger charge is 2.48. The molecule has 3 rings (SSSR count). The topological polar surface area (TPSA) is 46.8 Å². The van der Waals surface area contributed by atoms with E-state index in [0.717, 1.165) is 17.1 Å². The van der Waals surface area contributed by atoms with E-state index in [9.17, 15) is 4.79 Å². The van der Waals surface area contributed by atoms with Crippen LogP contribution < -0.4 is 0 Å². The quantitative estimate of drug-likeness (QED) is 0.809. The molecule has 2 aromatic heterocycles. The molecule has 1 saturated carbocycles. The highest BCUT2D eigenvalue weighted by atomic mass is 32.1. The summed E-state index contributed by atoms with van der Waals surface area (Å²) in [4.78, 5) is 22.7. The van der Waals surface area contributed by atoms with Gasteiger partial charge in [0.05, 0.1) is 18.5 Å².